The summed E-state index contributed by atoms with van der Waals surface area (Å²) in [5, 5.41) is 22.9. The van der Waals surface area contributed by atoms with Crippen LogP contribution >= 0.6 is 0 Å². The maximum Gasteiger partial charge on any atom is 0.407 e. The van der Waals surface area contributed by atoms with Crippen LogP contribution in [0.5, 0.6) is 0 Å². The molecule has 0 unspecified atom stereocenters. The molecule has 0 saturated carbocycles. The number of aromatic nitrogens is 3. The van der Waals surface area contributed by atoms with Crippen molar-refractivity contribution in [3.05, 3.63) is 18.1 Å². The van der Waals surface area contributed by atoms with Gasteiger partial charge in [-0.2, -0.15) is 5.26 Å². The Morgan fingerprint density at radius 2 is 2.14 bits per heavy atom. The summed E-state index contributed by atoms with van der Waals surface area (Å²) in [5.41, 5.74) is 1.02. The van der Waals surface area contributed by atoms with Gasteiger partial charge in [0.15, 0.2) is 8.32 Å². The van der Waals surface area contributed by atoms with E-state index in [1.807, 2.05) is 0 Å². The van der Waals surface area contributed by atoms with Crippen LogP contribution in [0.3, 0.4) is 0 Å². The fraction of sp³-hybridized carbons (Fsp3) is 0.579. The van der Waals surface area contributed by atoms with E-state index in [4.69, 9.17) is 4.43 Å². The molecule has 0 bridgehead atoms. The minimum absolute atomic E-state index is 0.0348. The van der Waals surface area contributed by atoms with Crippen LogP contribution in [0.4, 0.5) is 10.6 Å². The number of carboxylic acid groups (broad SMARTS) is 1. The Kier molecular flexibility index (Phi) is 5.56. The van der Waals surface area contributed by atoms with Crippen LogP contribution in [0.25, 0.3) is 11.0 Å². The SMILES string of the molecule is CC(C)(C)[Si](C)(C)O[C@H]1C[C@@H](Nc2ncnc3[nH]cc(C#N)c23)CN(C(=O)O)C1. The van der Waals surface area contributed by atoms with Crippen LogP contribution in [-0.4, -0.2) is 64.6 Å². The van der Waals surface area contributed by atoms with Crippen LogP contribution in [0.2, 0.25) is 18.1 Å². The molecule has 1 aliphatic heterocycles. The Hall–Kier alpha value is -2.64. The zero-order valence-electron chi connectivity index (χ0n) is 17.5. The first-order valence-electron chi connectivity index (χ1n) is 9.66. The van der Waals surface area contributed by atoms with Gasteiger partial charge in [0, 0.05) is 25.3 Å². The fourth-order valence-corrected chi connectivity index (χ4v) is 4.70. The molecule has 0 spiro atoms. The number of anilines is 1. The lowest BCUT2D eigenvalue weighted by Crippen LogP contribution is -2.55. The van der Waals surface area contributed by atoms with Crippen LogP contribution in [0.1, 0.15) is 32.8 Å². The molecule has 1 saturated heterocycles. The maximum absolute atomic E-state index is 11.7. The summed E-state index contributed by atoms with van der Waals surface area (Å²) in [6, 6.07) is 1.95. The molecule has 0 aliphatic carbocycles. The molecule has 29 heavy (non-hydrogen) atoms. The Bertz CT molecular complexity index is 946. The number of nitriles is 1. The van der Waals surface area contributed by atoms with E-state index in [1.165, 1.54) is 11.2 Å². The van der Waals surface area contributed by atoms with Crippen LogP contribution in [0.15, 0.2) is 12.5 Å². The molecular formula is C19H28N6O3Si. The van der Waals surface area contributed by atoms with E-state index in [0.29, 0.717) is 41.9 Å². The van der Waals surface area contributed by atoms with Gasteiger partial charge in [-0.1, -0.05) is 20.8 Å². The molecule has 9 nitrogen and oxygen atoms in total. The van der Waals surface area contributed by atoms with Crippen molar-refractivity contribution in [2.45, 2.75) is 57.5 Å². The molecule has 0 radical (unpaired) electrons. The minimum atomic E-state index is -2.05. The Morgan fingerprint density at radius 3 is 2.76 bits per heavy atom. The van der Waals surface area contributed by atoms with Crippen molar-refractivity contribution in [2.75, 3.05) is 18.4 Å². The molecule has 2 atom stereocenters. The van der Waals surface area contributed by atoms with E-state index >= 15 is 0 Å². The summed E-state index contributed by atoms with van der Waals surface area (Å²) < 4.78 is 6.51. The summed E-state index contributed by atoms with van der Waals surface area (Å²) in [6.45, 7) is 11.5. The van der Waals surface area contributed by atoms with Gasteiger partial charge in [0.2, 0.25) is 0 Å². The normalized spacial score (nSPS) is 20.5. The smallest absolute Gasteiger partial charge is 0.407 e. The summed E-state index contributed by atoms with van der Waals surface area (Å²) in [4.78, 5) is 24.5. The second kappa shape index (κ2) is 7.65. The number of hydrogen-bond acceptors (Lipinski definition) is 6. The van der Waals surface area contributed by atoms with E-state index in [1.54, 1.807) is 6.20 Å². The van der Waals surface area contributed by atoms with E-state index in [-0.39, 0.29) is 17.2 Å². The van der Waals surface area contributed by atoms with Gasteiger partial charge in [-0.25, -0.2) is 14.8 Å². The van der Waals surface area contributed by atoms with Gasteiger partial charge in [0.1, 0.15) is 23.9 Å². The predicted octanol–water partition coefficient (Wildman–Crippen LogP) is 3.38. The van der Waals surface area contributed by atoms with Crippen LogP contribution < -0.4 is 5.32 Å². The van der Waals surface area contributed by atoms with E-state index in [2.05, 4.69) is 60.2 Å². The average molecular weight is 417 g/mol. The number of piperidine rings is 1. The Morgan fingerprint density at radius 1 is 1.41 bits per heavy atom. The van der Waals surface area contributed by atoms with E-state index < -0.39 is 14.4 Å². The Balaban J connectivity index is 1.85. The topological polar surface area (TPSA) is 127 Å². The number of nitrogens with one attached hydrogen (secondary N) is 2. The van der Waals surface area contributed by atoms with Gasteiger partial charge in [-0.3, -0.25) is 0 Å². The molecule has 1 aliphatic rings. The molecule has 0 aromatic carbocycles. The first-order valence-corrected chi connectivity index (χ1v) is 12.6. The largest absolute Gasteiger partial charge is 0.465 e. The third-order valence-electron chi connectivity index (χ3n) is 5.88. The van der Waals surface area contributed by atoms with Crippen molar-refractivity contribution in [1.82, 2.24) is 19.9 Å². The second-order valence-corrected chi connectivity index (χ2v) is 13.8. The van der Waals surface area contributed by atoms with Gasteiger partial charge in [-0.05, 0) is 24.6 Å². The number of hydrogen-bond donors (Lipinski definition) is 3. The van der Waals surface area contributed by atoms with Crippen LogP contribution in [-0.2, 0) is 4.43 Å². The number of H-pyrrole nitrogens is 1. The molecule has 156 valence electrons. The molecule has 10 heteroatoms. The highest BCUT2D eigenvalue weighted by molar-refractivity contribution is 6.74. The third-order valence-corrected chi connectivity index (χ3v) is 10.4. The van der Waals surface area contributed by atoms with Crippen molar-refractivity contribution in [3.8, 4) is 6.07 Å². The number of carbonyl (C=O) groups is 1. The molecule has 2 aromatic rings. The van der Waals surface area contributed by atoms with Crippen molar-refractivity contribution >= 4 is 31.3 Å². The molecule has 1 fully saturated rings. The monoisotopic (exact) mass is 416 g/mol. The van der Waals surface area contributed by atoms with Gasteiger partial charge in [-0.15, -0.1) is 0 Å². The first-order chi connectivity index (χ1) is 13.5. The lowest BCUT2D eigenvalue weighted by Gasteiger charge is -2.43. The lowest BCUT2D eigenvalue weighted by molar-refractivity contribution is 0.0665. The zero-order chi connectivity index (χ0) is 21.4. The number of nitrogens with zero attached hydrogens (tertiary/aromatic N) is 4. The highest BCUT2D eigenvalue weighted by Crippen LogP contribution is 2.38. The number of likely N-dealkylation sites (tertiary alicyclic amines) is 1. The summed E-state index contributed by atoms with van der Waals surface area (Å²) in [5.74, 6) is 0.524. The van der Waals surface area contributed by atoms with E-state index in [0.717, 1.165) is 0 Å². The number of fused-ring (bicyclic) bond motifs is 1. The van der Waals surface area contributed by atoms with Gasteiger partial charge in [0.25, 0.3) is 0 Å². The molecule has 3 heterocycles. The third kappa shape index (κ3) is 4.36. The summed E-state index contributed by atoms with van der Waals surface area (Å²) >= 11 is 0. The molecule has 3 rings (SSSR count). The van der Waals surface area contributed by atoms with Crippen molar-refractivity contribution in [2.24, 2.45) is 0 Å². The van der Waals surface area contributed by atoms with Crippen molar-refractivity contribution in [3.63, 3.8) is 0 Å². The lowest BCUT2D eigenvalue weighted by atomic mass is 10.0. The number of amides is 1. The standard InChI is InChI=1S/C19H28N6O3Si/c1-19(2,3)29(4,5)28-14-6-13(9-25(10-14)18(26)27)24-17-15-12(7-20)8-21-16(15)22-11-23-17/h8,11,13-14H,6,9-10H2,1-5H3,(H,26,27)(H2,21,22,23,24)/t13-,14+/m1/s1. The highest BCUT2D eigenvalue weighted by atomic mass is 28.4. The fourth-order valence-electron chi connectivity index (χ4n) is 3.35. The van der Waals surface area contributed by atoms with E-state index in [9.17, 15) is 15.2 Å². The summed E-state index contributed by atoms with van der Waals surface area (Å²) in [6.07, 6.45) is 2.51. The quantitative estimate of drug-likeness (QED) is 0.652. The average Bonchev–Trinajstić information content (AvgIpc) is 3.04. The summed E-state index contributed by atoms with van der Waals surface area (Å²) in [7, 11) is -2.05. The zero-order valence-corrected chi connectivity index (χ0v) is 18.5. The second-order valence-electron chi connectivity index (χ2n) is 9.02. The predicted molar refractivity (Wildman–Crippen MR) is 112 cm³/mol. The van der Waals surface area contributed by atoms with Gasteiger partial charge < -0.3 is 24.7 Å². The number of rotatable bonds is 4. The minimum Gasteiger partial charge on any atom is -0.465 e. The molecular weight excluding hydrogens is 388 g/mol. The maximum atomic E-state index is 11.7. The van der Waals surface area contributed by atoms with Crippen LogP contribution in [0, 0.1) is 11.3 Å². The van der Waals surface area contributed by atoms with Crippen molar-refractivity contribution in [1.29, 1.82) is 5.26 Å². The van der Waals surface area contributed by atoms with Gasteiger partial charge in [0.05, 0.1) is 17.1 Å². The molecule has 1 amide bonds. The highest BCUT2D eigenvalue weighted by Gasteiger charge is 2.41. The number of aromatic amines is 1. The molecule has 2 aromatic heterocycles. The van der Waals surface area contributed by atoms with Crippen molar-refractivity contribution < 1.29 is 14.3 Å². The molecule has 3 N–H and O–H groups in total. The Labute approximate surface area is 171 Å². The van der Waals surface area contributed by atoms with Gasteiger partial charge >= 0.3 is 6.09 Å². The first kappa shape index (κ1) is 21.1.